The highest BCUT2D eigenvalue weighted by molar-refractivity contribution is 9.10. The van der Waals surface area contributed by atoms with Gasteiger partial charge in [0.2, 0.25) is 15.9 Å². The third-order valence-corrected chi connectivity index (χ3v) is 5.31. The normalized spacial score (nSPS) is 12.5. The molecule has 0 fully saturated rings. The summed E-state index contributed by atoms with van der Waals surface area (Å²) in [7, 11) is -3.92. The van der Waals surface area contributed by atoms with Crippen LogP contribution in [0.1, 0.15) is 6.92 Å². The maximum absolute atomic E-state index is 13.5. The first-order valence-corrected chi connectivity index (χ1v) is 9.75. The van der Waals surface area contributed by atoms with Crippen molar-refractivity contribution in [2.45, 2.75) is 13.0 Å². The van der Waals surface area contributed by atoms with E-state index in [9.17, 15) is 22.0 Å². The highest BCUT2D eigenvalue weighted by Gasteiger charge is 2.30. The van der Waals surface area contributed by atoms with Crippen LogP contribution >= 0.6 is 15.9 Å². The van der Waals surface area contributed by atoms with Crippen LogP contribution in [0.4, 0.5) is 20.2 Å². The standard InChI is InChI=1S/C16H15BrF2N2O3S/c1-10(16(22)20-15-6-4-3-5-12(15)17)21(25(2,23)24)11-7-8-13(18)14(19)9-11/h3-10H,1-2H3,(H,20,22)/t10-/m0/s1. The zero-order chi connectivity index (χ0) is 18.8. The van der Waals surface area contributed by atoms with Crippen LogP contribution in [-0.2, 0) is 14.8 Å². The fourth-order valence-electron chi connectivity index (χ4n) is 2.23. The van der Waals surface area contributed by atoms with Crippen LogP contribution in [0.25, 0.3) is 0 Å². The number of rotatable bonds is 5. The van der Waals surface area contributed by atoms with Crippen LogP contribution in [0.3, 0.4) is 0 Å². The lowest BCUT2D eigenvalue weighted by Gasteiger charge is -2.28. The Bertz CT molecular complexity index is 906. The van der Waals surface area contributed by atoms with Crippen molar-refractivity contribution >= 4 is 43.2 Å². The van der Waals surface area contributed by atoms with Gasteiger partial charge in [-0.3, -0.25) is 9.10 Å². The monoisotopic (exact) mass is 432 g/mol. The van der Waals surface area contributed by atoms with E-state index in [2.05, 4.69) is 21.2 Å². The number of para-hydroxylation sites is 1. The second kappa shape index (κ2) is 7.49. The number of carbonyl (C=O) groups excluding carboxylic acids is 1. The molecule has 2 aromatic rings. The van der Waals surface area contributed by atoms with Crippen molar-refractivity contribution in [2.24, 2.45) is 0 Å². The van der Waals surface area contributed by atoms with Crippen LogP contribution < -0.4 is 9.62 Å². The van der Waals surface area contributed by atoms with Crippen molar-refractivity contribution in [2.75, 3.05) is 15.9 Å². The Hall–Kier alpha value is -2.00. The van der Waals surface area contributed by atoms with Gasteiger partial charge in [0, 0.05) is 10.5 Å². The third kappa shape index (κ3) is 4.55. The molecule has 2 rings (SSSR count). The van der Waals surface area contributed by atoms with E-state index in [1.165, 1.54) is 6.92 Å². The Morgan fingerprint density at radius 3 is 2.36 bits per heavy atom. The fraction of sp³-hybridized carbons (Fsp3) is 0.188. The summed E-state index contributed by atoms with van der Waals surface area (Å²) in [6.07, 6.45) is 0.885. The molecule has 0 saturated carbocycles. The molecule has 0 saturated heterocycles. The average Bonchev–Trinajstić information content (AvgIpc) is 2.51. The molecule has 25 heavy (non-hydrogen) atoms. The van der Waals surface area contributed by atoms with Crippen molar-refractivity contribution in [3.05, 3.63) is 58.6 Å². The van der Waals surface area contributed by atoms with E-state index < -0.39 is 33.6 Å². The average molecular weight is 433 g/mol. The van der Waals surface area contributed by atoms with E-state index in [1.807, 2.05) is 0 Å². The molecule has 1 amide bonds. The number of sulfonamides is 1. The number of hydrogen-bond donors (Lipinski definition) is 1. The van der Waals surface area contributed by atoms with E-state index in [0.717, 1.165) is 28.8 Å². The molecule has 0 spiro atoms. The van der Waals surface area contributed by atoms with Crippen molar-refractivity contribution in [1.29, 1.82) is 0 Å². The highest BCUT2D eigenvalue weighted by Crippen LogP contribution is 2.25. The van der Waals surface area contributed by atoms with Crippen LogP contribution in [-0.4, -0.2) is 26.6 Å². The van der Waals surface area contributed by atoms with Crippen LogP contribution in [0.2, 0.25) is 0 Å². The Labute approximate surface area is 152 Å². The predicted octanol–water partition coefficient (Wildman–Crippen LogP) is 3.52. The quantitative estimate of drug-likeness (QED) is 0.785. The SMILES string of the molecule is C[C@@H](C(=O)Nc1ccccc1Br)N(c1ccc(F)c(F)c1)S(C)(=O)=O. The van der Waals surface area contributed by atoms with Gasteiger partial charge in [-0.15, -0.1) is 0 Å². The summed E-state index contributed by atoms with van der Waals surface area (Å²) in [6, 6.07) is 8.26. The zero-order valence-electron chi connectivity index (χ0n) is 13.3. The van der Waals surface area contributed by atoms with Gasteiger partial charge >= 0.3 is 0 Å². The maximum Gasteiger partial charge on any atom is 0.248 e. The Kier molecular flexibility index (Phi) is 5.79. The first kappa shape index (κ1) is 19.3. The van der Waals surface area contributed by atoms with E-state index in [0.29, 0.717) is 10.2 Å². The lowest BCUT2D eigenvalue weighted by Crippen LogP contribution is -2.45. The van der Waals surface area contributed by atoms with Crippen LogP contribution in [0.15, 0.2) is 46.9 Å². The topological polar surface area (TPSA) is 66.5 Å². The van der Waals surface area contributed by atoms with Crippen molar-refractivity contribution < 1.29 is 22.0 Å². The van der Waals surface area contributed by atoms with Gasteiger partial charge in [-0.05, 0) is 47.1 Å². The van der Waals surface area contributed by atoms with Crippen molar-refractivity contribution in [3.63, 3.8) is 0 Å². The number of amides is 1. The van der Waals surface area contributed by atoms with E-state index in [1.54, 1.807) is 24.3 Å². The number of hydrogen-bond acceptors (Lipinski definition) is 3. The molecule has 1 N–H and O–H groups in total. The lowest BCUT2D eigenvalue weighted by molar-refractivity contribution is -0.116. The maximum atomic E-state index is 13.5. The van der Waals surface area contributed by atoms with E-state index >= 15 is 0 Å². The number of halogens is 3. The van der Waals surface area contributed by atoms with Gasteiger partial charge in [-0.2, -0.15) is 0 Å². The number of nitrogens with one attached hydrogen (secondary N) is 1. The predicted molar refractivity (Wildman–Crippen MR) is 95.9 cm³/mol. The molecule has 9 heteroatoms. The second-order valence-electron chi connectivity index (χ2n) is 5.30. The van der Waals surface area contributed by atoms with Gasteiger partial charge in [0.1, 0.15) is 6.04 Å². The smallest absolute Gasteiger partial charge is 0.248 e. The zero-order valence-corrected chi connectivity index (χ0v) is 15.7. The minimum atomic E-state index is -3.92. The summed E-state index contributed by atoms with van der Waals surface area (Å²) >= 11 is 3.28. The molecule has 2 aromatic carbocycles. The number of nitrogens with zero attached hydrogens (tertiary/aromatic N) is 1. The molecule has 0 aliphatic heterocycles. The van der Waals surface area contributed by atoms with Gasteiger partial charge in [0.25, 0.3) is 0 Å². The first-order chi connectivity index (χ1) is 11.6. The fourth-order valence-corrected chi connectivity index (χ4v) is 3.78. The third-order valence-electron chi connectivity index (χ3n) is 3.38. The highest BCUT2D eigenvalue weighted by atomic mass is 79.9. The molecule has 5 nitrogen and oxygen atoms in total. The molecule has 1 atom stereocenters. The summed E-state index contributed by atoms with van der Waals surface area (Å²) in [5, 5.41) is 2.60. The number of anilines is 2. The number of carbonyl (C=O) groups is 1. The van der Waals surface area contributed by atoms with Crippen LogP contribution in [0.5, 0.6) is 0 Å². The summed E-state index contributed by atoms with van der Waals surface area (Å²) in [5.41, 5.74) is 0.314. The lowest BCUT2D eigenvalue weighted by atomic mass is 10.2. The summed E-state index contributed by atoms with van der Waals surface area (Å²) < 4.78 is 52.2. The number of benzene rings is 2. The molecule has 0 bridgehead atoms. The Morgan fingerprint density at radius 1 is 1.16 bits per heavy atom. The van der Waals surface area contributed by atoms with Gasteiger partial charge in [0.15, 0.2) is 11.6 Å². The molecular formula is C16H15BrF2N2O3S. The van der Waals surface area contributed by atoms with Crippen molar-refractivity contribution in [3.8, 4) is 0 Å². The first-order valence-electron chi connectivity index (χ1n) is 7.11. The van der Waals surface area contributed by atoms with E-state index in [4.69, 9.17) is 0 Å². The minimum absolute atomic E-state index is 0.142. The molecule has 0 unspecified atom stereocenters. The summed E-state index contributed by atoms with van der Waals surface area (Å²) in [4.78, 5) is 12.5. The molecule has 0 aliphatic carbocycles. The molecule has 0 aliphatic rings. The molecule has 0 radical (unpaired) electrons. The minimum Gasteiger partial charge on any atom is -0.323 e. The molecular weight excluding hydrogens is 418 g/mol. The molecule has 0 heterocycles. The molecule has 0 aromatic heterocycles. The van der Waals surface area contributed by atoms with Crippen LogP contribution in [0, 0.1) is 11.6 Å². The summed E-state index contributed by atoms with van der Waals surface area (Å²) in [5.74, 6) is -2.94. The van der Waals surface area contributed by atoms with Gasteiger partial charge in [-0.1, -0.05) is 12.1 Å². The van der Waals surface area contributed by atoms with Gasteiger partial charge in [0.05, 0.1) is 17.6 Å². The molecule has 134 valence electrons. The second-order valence-corrected chi connectivity index (χ2v) is 8.02. The van der Waals surface area contributed by atoms with Gasteiger partial charge < -0.3 is 5.32 Å². The largest absolute Gasteiger partial charge is 0.323 e. The van der Waals surface area contributed by atoms with E-state index in [-0.39, 0.29) is 5.69 Å². The van der Waals surface area contributed by atoms with Gasteiger partial charge in [-0.25, -0.2) is 17.2 Å². The Morgan fingerprint density at radius 2 is 1.80 bits per heavy atom. The van der Waals surface area contributed by atoms with Crippen molar-refractivity contribution in [1.82, 2.24) is 0 Å². The summed E-state index contributed by atoms with van der Waals surface area (Å²) in [6.45, 7) is 1.36. The Balaban J connectivity index is 2.36.